The highest BCUT2D eigenvalue weighted by atomic mass is 16.5. The SMILES string of the molecule is CCc1ccc(OCc2nc3ccccc3n2CCCCOc2ccc(C)cc2C)cc1. The van der Waals surface area contributed by atoms with Gasteiger partial charge in [0, 0.05) is 6.54 Å². The van der Waals surface area contributed by atoms with Crippen molar-refractivity contribution in [3.63, 3.8) is 0 Å². The third kappa shape index (κ3) is 5.31. The number of benzene rings is 3. The molecule has 0 saturated heterocycles. The zero-order chi connectivity index (χ0) is 22.3. The topological polar surface area (TPSA) is 36.3 Å². The van der Waals surface area contributed by atoms with E-state index in [1.807, 2.05) is 18.2 Å². The summed E-state index contributed by atoms with van der Waals surface area (Å²) in [5, 5.41) is 0. The Morgan fingerprint density at radius 2 is 1.69 bits per heavy atom. The number of ether oxygens (including phenoxy) is 2. The third-order valence-electron chi connectivity index (χ3n) is 5.80. The molecule has 1 aromatic heterocycles. The van der Waals surface area contributed by atoms with Gasteiger partial charge in [0.1, 0.15) is 23.9 Å². The third-order valence-corrected chi connectivity index (χ3v) is 5.80. The molecule has 166 valence electrons. The first-order valence-electron chi connectivity index (χ1n) is 11.5. The molecule has 0 N–H and O–H groups in total. The Balaban J connectivity index is 1.37. The highest BCUT2D eigenvalue weighted by Gasteiger charge is 2.11. The van der Waals surface area contributed by atoms with Gasteiger partial charge in [-0.15, -0.1) is 0 Å². The molecule has 0 fully saturated rings. The van der Waals surface area contributed by atoms with Crippen molar-refractivity contribution >= 4 is 11.0 Å². The lowest BCUT2D eigenvalue weighted by Gasteiger charge is -2.12. The van der Waals surface area contributed by atoms with Gasteiger partial charge >= 0.3 is 0 Å². The minimum absolute atomic E-state index is 0.458. The summed E-state index contributed by atoms with van der Waals surface area (Å²) in [5.41, 5.74) is 5.93. The average Bonchev–Trinajstić information content (AvgIpc) is 3.16. The molecule has 0 saturated carbocycles. The Hall–Kier alpha value is -3.27. The number of aromatic nitrogens is 2. The van der Waals surface area contributed by atoms with Crippen LogP contribution >= 0.6 is 0 Å². The number of fused-ring (bicyclic) bond motifs is 1. The Bertz CT molecular complexity index is 1160. The Morgan fingerprint density at radius 1 is 0.875 bits per heavy atom. The van der Waals surface area contributed by atoms with Crippen LogP contribution in [-0.4, -0.2) is 16.2 Å². The van der Waals surface area contributed by atoms with Crippen molar-refractivity contribution in [2.75, 3.05) is 6.61 Å². The van der Waals surface area contributed by atoms with E-state index in [-0.39, 0.29) is 0 Å². The van der Waals surface area contributed by atoms with Crippen LogP contribution in [0.25, 0.3) is 11.0 Å². The minimum Gasteiger partial charge on any atom is -0.493 e. The van der Waals surface area contributed by atoms with E-state index in [0.717, 1.165) is 54.2 Å². The minimum atomic E-state index is 0.458. The Labute approximate surface area is 190 Å². The molecule has 4 heteroatoms. The second-order valence-electron chi connectivity index (χ2n) is 8.28. The summed E-state index contributed by atoms with van der Waals surface area (Å²) in [4.78, 5) is 4.83. The molecule has 0 atom stereocenters. The van der Waals surface area contributed by atoms with Crippen LogP contribution in [0.5, 0.6) is 11.5 Å². The normalized spacial score (nSPS) is 11.1. The fraction of sp³-hybridized carbons (Fsp3) is 0.321. The largest absolute Gasteiger partial charge is 0.493 e. The summed E-state index contributed by atoms with van der Waals surface area (Å²) < 4.78 is 14.3. The molecule has 0 radical (unpaired) electrons. The van der Waals surface area contributed by atoms with E-state index in [9.17, 15) is 0 Å². The summed E-state index contributed by atoms with van der Waals surface area (Å²) in [6.07, 6.45) is 3.03. The van der Waals surface area contributed by atoms with Gasteiger partial charge in [0.05, 0.1) is 17.6 Å². The van der Waals surface area contributed by atoms with E-state index < -0.39 is 0 Å². The van der Waals surface area contributed by atoms with Crippen molar-refractivity contribution in [1.29, 1.82) is 0 Å². The van der Waals surface area contributed by atoms with E-state index in [4.69, 9.17) is 14.5 Å². The molecule has 32 heavy (non-hydrogen) atoms. The van der Waals surface area contributed by atoms with Gasteiger partial charge in [-0.3, -0.25) is 0 Å². The lowest BCUT2D eigenvalue weighted by Crippen LogP contribution is -2.09. The van der Waals surface area contributed by atoms with Crippen LogP contribution in [0.3, 0.4) is 0 Å². The van der Waals surface area contributed by atoms with Gasteiger partial charge < -0.3 is 14.0 Å². The molecule has 3 aromatic carbocycles. The summed E-state index contributed by atoms with van der Waals surface area (Å²) in [7, 11) is 0. The number of nitrogens with zero attached hydrogens (tertiary/aromatic N) is 2. The zero-order valence-corrected chi connectivity index (χ0v) is 19.3. The van der Waals surface area contributed by atoms with Crippen LogP contribution in [0.4, 0.5) is 0 Å². The fourth-order valence-corrected chi connectivity index (χ4v) is 3.97. The van der Waals surface area contributed by atoms with E-state index in [2.05, 4.69) is 73.9 Å². The molecule has 1 heterocycles. The van der Waals surface area contributed by atoms with Gasteiger partial charge in [-0.25, -0.2) is 4.98 Å². The maximum atomic E-state index is 6.06. The maximum absolute atomic E-state index is 6.06. The van der Waals surface area contributed by atoms with Crippen LogP contribution < -0.4 is 9.47 Å². The van der Waals surface area contributed by atoms with Gasteiger partial charge in [-0.05, 0) is 74.6 Å². The van der Waals surface area contributed by atoms with Gasteiger partial charge in [-0.1, -0.05) is 48.9 Å². The van der Waals surface area contributed by atoms with Crippen molar-refractivity contribution in [2.24, 2.45) is 0 Å². The Kier molecular flexibility index (Phi) is 7.10. The first kappa shape index (κ1) is 21.9. The Morgan fingerprint density at radius 3 is 2.47 bits per heavy atom. The molecule has 0 spiro atoms. The van der Waals surface area contributed by atoms with Crippen molar-refractivity contribution < 1.29 is 9.47 Å². The van der Waals surface area contributed by atoms with Crippen molar-refractivity contribution in [2.45, 2.75) is 53.2 Å². The summed E-state index contributed by atoms with van der Waals surface area (Å²) in [5.74, 6) is 2.82. The molecule has 4 rings (SSSR count). The highest BCUT2D eigenvalue weighted by molar-refractivity contribution is 5.75. The van der Waals surface area contributed by atoms with E-state index >= 15 is 0 Å². The molecule has 0 amide bonds. The molecule has 0 aliphatic rings. The van der Waals surface area contributed by atoms with Crippen molar-refractivity contribution in [3.05, 3.63) is 89.2 Å². The van der Waals surface area contributed by atoms with E-state index in [1.54, 1.807) is 0 Å². The lowest BCUT2D eigenvalue weighted by molar-refractivity contribution is 0.284. The van der Waals surface area contributed by atoms with E-state index in [0.29, 0.717) is 13.2 Å². The number of hydrogen-bond acceptors (Lipinski definition) is 3. The summed E-state index contributed by atoms with van der Waals surface area (Å²) >= 11 is 0. The first-order valence-corrected chi connectivity index (χ1v) is 11.5. The van der Waals surface area contributed by atoms with Crippen LogP contribution in [0.1, 0.15) is 42.3 Å². The summed E-state index contributed by atoms with van der Waals surface area (Å²) in [6.45, 7) is 8.43. The monoisotopic (exact) mass is 428 g/mol. The van der Waals surface area contributed by atoms with Crippen LogP contribution in [0.15, 0.2) is 66.7 Å². The number of para-hydroxylation sites is 2. The molecule has 4 nitrogen and oxygen atoms in total. The molecule has 0 unspecified atom stereocenters. The van der Waals surface area contributed by atoms with Gasteiger partial charge in [-0.2, -0.15) is 0 Å². The van der Waals surface area contributed by atoms with Gasteiger partial charge in [0.15, 0.2) is 0 Å². The van der Waals surface area contributed by atoms with Crippen LogP contribution in [0.2, 0.25) is 0 Å². The maximum Gasteiger partial charge on any atom is 0.147 e. The standard InChI is InChI=1S/C28H32N2O2/c1-4-23-12-14-24(15-13-23)32-20-28-29-25-9-5-6-10-26(25)30(28)17-7-8-18-31-27-16-11-21(2)19-22(27)3/h5-6,9-16,19H,4,7-8,17-18,20H2,1-3H3. The van der Waals surface area contributed by atoms with Crippen LogP contribution in [0, 0.1) is 13.8 Å². The molecule has 0 bridgehead atoms. The average molecular weight is 429 g/mol. The molecule has 4 aromatic rings. The number of hydrogen-bond donors (Lipinski definition) is 0. The molecular formula is C28H32N2O2. The van der Waals surface area contributed by atoms with Crippen molar-refractivity contribution in [1.82, 2.24) is 9.55 Å². The predicted octanol–water partition coefficient (Wildman–Crippen LogP) is 6.65. The first-order chi connectivity index (χ1) is 15.6. The number of imidazole rings is 1. The van der Waals surface area contributed by atoms with Crippen molar-refractivity contribution in [3.8, 4) is 11.5 Å². The fourth-order valence-electron chi connectivity index (χ4n) is 3.97. The summed E-state index contributed by atoms with van der Waals surface area (Å²) in [6, 6.07) is 22.9. The molecule has 0 aliphatic carbocycles. The number of aryl methyl sites for hydroxylation is 4. The number of unbranched alkanes of at least 4 members (excludes halogenated alkanes) is 1. The quantitative estimate of drug-likeness (QED) is 0.265. The van der Waals surface area contributed by atoms with E-state index in [1.165, 1.54) is 16.7 Å². The zero-order valence-electron chi connectivity index (χ0n) is 19.3. The highest BCUT2D eigenvalue weighted by Crippen LogP contribution is 2.21. The van der Waals surface area contributed by atoms with Crippen LogP contribution in [-0.2, 0) is 19.6 Å². The number of rotatable bonds is 10. The second kappa shape index (κ2) is 10.4. The second-order valence-corrected chi connectivity index (χ2v) is 8.28. The smallest absolute Gasteiger partial charge is 0.147 e. The van der Waals surface area contributed by atoms with Gasteiger partial charge in [0.25, 0.3) is 0 Å². The molecular weight excluding hydrogens is 396 g/mol. The predicted molar refractivity (Wildman–Crippen MR) is 131 cm³/mol. The molecule has 0 aliphatic heterocycles. The van der Waals surface area contributed by atoms with Gasteiger partial charge in [0.2, 0.25) is 0 Å². The lowest BCUT2D eigenvalue weighted by atomic mass is 10.1.